The Balaban J connectivity index is 2.09. The van der Waals surface area contributed by atoms with E-state index in [1.165, 1.54) is 11.6 Å². The zero-order chi connectivity index (χ0) is 14.7. The van der Waals surface area contributed by atoms with E-state index in [1.54, 1.807) is 19.1 Å². The second-order valence-corrected chi connectivity index (χ2v) is 5.20. The summed E-state index contributed by atoms with van der Waals surface area (Å²) in [6.07, 6.45) is 0. The molecule has 20 heavy (non-hydrogen) atoms. The van der Waals surface area contributed by atoms with Crippen LogP contribution in [-0.2, 0) is 0 Å². The molecule has 0 aliphatic rings. The molecule has 0 fully saturated rings. The maximum Gasteiger partial charge on any atom is 0.175 e. The highest BCUT2D eigenvalue weighted by Gasteiger charge is 2.04. The Kier molecular flexibility index (Phi) is 4.35. The lowest BCUT2D eigenvalue weighted by molar-refractivity contribution is 0.619. The summed E-state index contributed by atoms with van der Waals surface area (Å²) in [6.45, 7) is 5.81. The van der Waals surface area contributed by atoms with Crippen LogP contribution in [0.1, 0.15) is 16.7 Å². The Morgan fingerprint density at radius 3 is 2.45 bits per heavy atom. The number of hydrogen-bond donors (Lipinski definition) is 2. The predicted molar refractivity (Wildman–Crippen MR) is 86.9 cm³/mol. The van der Waals surface area contributed by atoms with Crippen LogP contribution in [0.2, 0.25) is 0 Å². The first-order valence-electron chi connectivity index (χ1n) is 6.38. The van der Waals surface area contributed by atoms with Crippen molar-refractivity contribution in [2.75, 3.05) is 10.6 Å². The monoisotopic (exact) mass is 288 g/mol. The number of benzene rings is 2. The molecule has 0 atom stereocenters. The lowest BCUT2D eigenvalue weighted by Gasteiger charge is -2.14. The van der Waals surface area contributed by atoms with Gasteiger partial charge in [0.2, 0.25) is 0 Å². The molecule has 2 rings (SSSR count). The molecule has 0 unspecified atom stereocenters. The molecule has 0 saturated carbocycles. The van der Waals surface area contributed by atoms with E-state index in [9.17, 15) is 4.39 Å². The molecule has 0 amide bonds. The molecule has 4 heteroatoms. The number of hydrogen-bond acceptors (Lipinski definition) is 1. The normalized spacial score (nSPS) is 10.2. The smallest absolute Gasteiger partial charge is 0.175 e. The summed E-state index contributed by atoms with van der Waals surface area (Å²) in [5, 5.41) is 6.56. The van der Waals surface area contributed by atoms with Gasteiger partial charge in [0.15, 0.2) is 5.11 Å². The average Bonchev–Trinajstić information content (AvgIpc) is 2.39. The first-order valence-corrected chi connectivity index (χ1v) is 6.78. The van der Waals surface area contributed by atoms with E-state index in [2.05, 4.69) is 10.6 Å². The van der Waals surface area contributed by atoms with Crippen LogP contribution >= 0.6 is 12.2 Å². The molecule has 0 aliphatic carbocycles. The summed E-state index contributed by atoms with van der Waals surface area (Å²) in [5.74, 6) is -0.246. The molecule has 2 nitrogen and oxygen atoms in total. The molecule has 2 aromatic rings. The maximum absolute atomic E-state index is 13.5. The molecule has 2 aromatic carbocycles. The summed E-state index contributed by atoms with van der Waals surface area (Å²) < 4.78 is 13.5. The van der Waals surface area contributed by atoms with Gasteiger partial charge in [-0.15, -0.1) is 0 Å². The number of halogens is 1. The van der Waals surface area contributed by atoms with Gasteiger partial charge in [-0.1, -0.05) is 18.2 Å². The number of thiocarbonyl (C=S) groups is 1. The summed E-state index contributed by atoms with van der Waals surface area (Å²) in [7, 11) is 0. The van der Waals surface area contributed by atoms with E-state index in [0.29, 0.717) is 16.4 Å². The van der Waals surface area contributed by atoms with Crippen LogP contribution in [0.5, 0.6) is 0 Å². The van der Waals surface area contributed by atoms with E-state index >= 15 is 0 Å². The summed E-state index contributed by atoms with van der Waals surface area (Å²) >= 11 is 5.25. The van der Waals surface area contributed by atoms with Gasteiger partial charge < -0.3 is 10.6 Å². The highest BCUT2D eigenvalue weighted by atomic mass is 32.1. The van der Waals surface area contributed by atoms with E-state index in [0.717, 1.165) is 11.3 Å². The average molecular weight is 288 g/mol. The van der Waals surface area contributed by atoms with Crippen molar-refractivity contribution in [3.63, 3.8) is 0 Å². The van der Waals surface area contributed by atoms with E-state index in [-0.39, 0.29) is 5.82 Å². The van der Waals surface area contributed by atoms with Gasteiger partial charge in [0.05, 0.1) is 0 Å². The summed E-state index contributed by atoms with van der Waals surface area (Å²) in [4.78, 5) is 0. The lowest BCUT2D eigenvalue weighted by Crippen LogP contribution is -2.19. The van der Waals surface area contributed by atoms with Crippen molar-refractivity contribution >= 4 is 28.7 Å². The zero-order valence-electron chi connectivity index (χ0n) is 11.8. The van der Waals surface area contributed by atoms with Crippen molar-refractivity contribution in [3.8, 4) is 0 Å². The van der Waals surface area contributed by atoms with Crippen molar-refractivity contribution in [1.29, 1.82) is 0 Å². The number of anilines is 2. The Hall–Kier alpha value is -1.94. The van der Waals surface area contributed by atoms with Crippen molar-refractivity contribution in [1.82, 2.24) is 0 Å². The fraction of sp³-hybridized carbons (Fsp3) is 0.188. The third-order valence-electron chi connectivity index (χ3n) is 3.28. The summed E-state index contributed by atoms with van der Waals surface area (Å²) in [6, 6.07) is 10.9. The van der Waals surface area contributed by atoms with Crippen molar-refractivity contribution in [2.24, 2.45) is 0 Å². The van der Waals surface area contributed by atoms with Gasteiger partial charge in [-0.25, -0.2) is 4.39 Å². The summed E-state index contributed by atoms with van der Waals surface area (Å²) in [5.41, 5.74) is 4.54. The molecule has 0 aromatic heterocycles. The van der Waals surface area contributed by atoms with Gasteiger partial charge in [-0.2, -0.15) is 0 Å². The fourth-order valence-electron chi connectivity index (χ4n) is 1.84. The minimum Gasteiger partial charge on any atom is -0.332 e. The second kappa shape index (κ2) is 6.01. The van der Waals surface area contributed by atoms with Crippen LogP contribution in [0.15, 0.2) is 36.4 Å². The van der Waals surface area contributed by atoms with Gasteiger partial charge in [-0.05, 0) is 67.9 Å². The van der Waals surface area contributed by atoms with Crippen LogP contribution in [0.4, 0.5) is 15.8 Å². The quantitative estimate of drug-likeness (QED) is 0.792. The number of nitrogens with one attached hydrogen (secondary N) is 2. The molecule has 0 aliphatic heterocycles. The van der Waals surface area contributed by atoms with Gasteiger partial charge in [0.25, 0.3) is 0 Å². The molecular weight excluding hydrogens is 271 g/mol. The predicted octanol–water partition coefficient (Wildman–Crippen LogP) is 4.56. The first-order chi connectivity index (χ1) is 9.47. The molecule has 0 saturated heterocycles. The highest BCUT2D eigenvalue weighted by Crippen LogP contribution is 2.19. The molecule has 0 bridgehead atoms. The van der Waals surface area contributed by atoms with Crippen LogP contribution < -0.4 is 10.6 Å². The largest absolute Gasteiger partial charge is 0.332 e. The van der Waals surface area contributed by atoms with Gasteiger partial charge in [0.1, 0.15) is 5.82 Å². The van der Waals surface area contributed by atoms with Crippen LogP contribution in [0.25, 0.3) is 0 Å². The zero-order valence-corrected chi connectivity index (χ0v) is 12.6. The Morgan fingerprint density at radius 1 is 1.00 bits per heavy atom. The van der Waals surface area contributed by atoms with Crippen molar-refractivity contribution in [3.05, 3.63) is 58.9 Å². The lowest BCUT2D eigenvalue weighted by atomic mass is 10.1. The highest BCUT2D eigenvalue weighted by molar-refractivity contribution is 7.80. The van der Waals surface area contributed by atoms with Crippen LogP contribution in [-0.4, -0.2) is 5.11 Å². The first kappa shape index (κ1) is 14.5. The molecule has 104 valence electrons. The standard InChI is InChI=1S/C16H17FN2S/c1-10-5-4-6-15(12(10)3)19-16(20)18-13-8-7-11(2)14(17)9-13/h4-9H,1-3H3,(H2,18,19,20). The van der Waals surface area contributed by atoms with E-state index in [4.69, 9.17) is 12.2 Å². The second-order valence-electron chi connectivity index (χ2n) is 4.79. The number of rotatable bonds is 2. The topological polar surface area (TPSA) is 24.1 Å². The molecule has 0 heterocycles. The van der Waals surface area contributed by atoms with E-state index in [1.807, 2.05) is 32.0 Å². The van der Waals surface area contributed by atoms with Gasteiger partial charge >= 0.3 is 0 Å². The van der Waals surface area contributed by atoms with Crippen LogP contribution in [0.3, 0.4) is 0 Å². The SMILES string of the molecule is Cc1ccc(NC(=S)Nc2cccc(C)c2C)cc1F. The minimum atomic E-state index is -0.246. The molecule has 0 spiro atoms. The van der Waals surface area contributed by atoms with E-state index < -0.39 is 0 Å². The molecule has 2 N–H and O–H groups in total. The molecular formula is C16H17FN2S. The maximum atomic E-state index is 13.5. The van der Waals surface area contributed by atoms with Crippen LogP contribution in [0, 0.1) is 26.6 Å². The third-order valence-corrected chi connectivity index (χ3v) is 3.49. The Morgan fingerprint density at radius 2 is 1.75 bits per heavy atom. The Labute approximate surface area is 124 Å². The van der Waals surface area contributed by atoms with Crippen molar-refractivity contribution in [2.45, 2.75) is 20.8 Å². The fourth-order valence-corrected chi connectivity index (χ4v) is 2.07. The Bertz CT molecular complexity index is 653. The van der Waals surface area contributed by atoms with Crippen molar-refractivity contribution < 1.29 is 4.39 Å². The minimum absolute atomic E-state index is 0.246. The van der Waals surface area contributed by atoms with Gasteiger partial charge in [0, 0.05) is 11.4 Å². The third kappa shape index (κ3) is 3.33. The number of aryl methyl sites for hydroxylation is 2. The van der Waals surface area contributed by atoms with Gasteiger partial charge in [-0.3, -0.25) is 0 Å². The molecule has 0 radical (unpaired) electrons.